The van der Waals surface area contributed by atoms with Gasteiger partial charge in [0.1, 0.15) is 5.82 Å². The standard InChI is InChI=1S/C14H14N4O/c19-14(16-13-5-8-15-17-13)7-10-18-9-6-11-3-1-2-4-12(11)18/h1-6,8-9H,7,10H2,(H2,15,16,17,19). The molecule has 19 heavy (non-hydrogen) atoms. The lowest BCUT2D eigenvalue weighted by atomic mass is 10.2. The number of nitrogens with zero attached hydrogens (tertiary/aromatic N) is 2. The number of aromatic amines is 1. The van der Waals surface area contributed by atoms with Crippen LogP contribution >= 0.6 is 0 Å². The summed E-state index contributed by atoms with van der Waals surface area (Å²) in [5.74, 6) is 0.601. The molecule has 1 aromatic carbocycles. The second-order valence-electron chi connectivity index (χ2n) is 4.34. The van der Waals surface area contributed by atoms with Crippen LogP contribution in [0.2, 0.25) is 0 Å². The first-order chi connectivity index (χ1) is 9.33. The zero-order valence-electron chi connectivity index (χ0n) is 10.3. The number of nitrogens with one attached hydrogen (secondary N) is 2. The molecule has 0 spiro atoms. The quantitative estimate of drug-likeness (QED) is 0.751. The molecule has 0 bridgehead atoms. The fourth-order valence-corrected chi connectivity index (χ4v) is 2.10. The van der Waals surface area contributed by atoms with E-state index in [0.29, 0.717) is 18.8 Å². The SMILES string of the molecule is O=C(CCn1ccc2ccccc21)Nc1ccn[nH]1. The van der Waals surface area contributed by atoms with Crippen LogP contribution in [0.5, 0.6) is 0 Å². The number of carbonyl (C=O) groups excluding carboxylic acids is 1. The minimum Gasteiger partial charge on any atom is -0.347 e. The van der Waals surface area contributed by atoms with E-state index in [9.17, 15) is 4.79 Å². The molecule has 5 nitrogen and oxygen atoms in total. The molecule has 5 heteroatoms. The van der Waals surface area contributed by atoms with Crippen molar-refractivity contribution in [3.63, 3.8) is 0 Å². The monoisotopic (exact) mass is 254 g/mol. The molecular weight excluding hydrogens is 240 g/mol. The Morgan fingerprint density at radius 2 is 2.16 bits per heavy atom. The number of amides is 1. The molecule has 0 saturated carbocycles. The van der Waals surface area contributed by atoms with E-state index in [4.69, 9.17) is 0 Å². The number of hydrogen-bond donors (Lipinski definition) is 2. The Kier molecular flexibility index (Phi) is 3.02. The summed E-state index contributed by atoms with van der Waals surface area (Å²) in [5.41, 5.74) is 1.15. The van der Waals surface area contributed by atoms with Gasteiger partial charge in [0.2, 0.25) is 5.91 Å². The van der Waals surface area contributed by atoms with Crippen LogP contribution in [0.25, 0.3) is 10.9 Å². The van der Waals surface area contributed by atoms with Gasteiger partial charge in [0, 0.05) is 30.7 Å². The van der Waals surface area contributed by atoms with Gasteiger partial charge in [0.05, 0.1) is 6.20 Å². The highest BCUT2D eigenvalue weighted by Gasteiger charge is 2.05. The maximum Gasteiger partial charge on any atom is 0.227 e. The van der Waals surface area contributed by atoms with Gasteiger partial charge < -0.3 is 9.88 Å². The number of aromatic nitrogens is 3. The number of hydrogen-bond acceptors (Lipinski definition) is 2. The van der Waals surface area contributed by atoms with E-state index in [1.165, 1.54) is 5.39 Å². The molecule has 0 atom stereocenters. The molecule has 2 N–H and O–H groups in total. The zero-order chi connectivity index (χ0) is 13.1. The molecule has 1 amide bonds. The van der Waals surface area contributed by atoms with Crippen molar-refractivity contribution >= 4 is 22.6 Å². The molecule has 2 heterocycles. The highest BCUT2D eigenvalue weighted by Crippen LogP contribution is 2.15. The van der Waals surface area contributed by atoms with Crippen LogP contribution < -0.4 is 5.32 Å². The van der Waals surface area contributed by atoms with Gasteiger partial charge in [-0.05, 0) is 17.5 Å². The molecule has 0 radical (unpaired) electrons. The smallest absolute Gasteiger partial charge is 0.227 e. The van der Waals surface area contributed by atoms with Crippen LogP contribution in [0.3, 0.4) is 0 Å². The summed E-state index contributed by atoms with van der Waals surface area (Å²) in [4.78, 5) is 11.8. The normalized spacial score (nSPS) is 10.7. The van der Waals surface area contributed by atoms with E-state index in [2.05, 4.69) is 38.3 Å². The summed E-state index contributed by atoms with van der Waals surface area (Å²) in [6.45, 7) is 0.660. The van der Waals surface area contributed by atoms with E-state index < -0.39 is 0 Å². The highest BCUT2D eigenvalue weighted by atomic mass is 16.1. The molecule has 0 saturated heterocycles. The van der Waals surface area contributed by atoms with Gasteiger partial charge in [0.15, 0.2) is 0 Å². The number of rotatable bonds is 4. The Bertz CT molecular complexity index is 684. The van der Waals surface area contributed by atoms with E-state index >= 15 is 0 Å². The van der Waals surface area contributed by atoms with E-state index in [0.717, 1.165) is 5.52 Å². The average molecular weight is 254 g/mol. The van der Waals surface area contributed by atoms with Gasteiger partial charge in [-0.3, -0.25) is 9.89 Å². The predicted octanol–water partition coefficient (Wildman–Crippen LogP) is 2.39. The van der Waals surface area contributed by atoms with E-state index in [1.807, 2.05) is 18.3 Å². The molecule has 0 aliphatic rings. The molecular formula is C14H14N4O. The topological polar surface area (TPSA) is 62.7 Å². The van der Waals surface area contributed by atoms with E-state index in [-0.39, 0.29) is 5.91 Å². The van der Waals surface area contributed by atoms with Crippen LogP contribution in [0.15, 0.2) is 48.8 Å². The largest absolute Gasteiger partial charge is 0.347 e. The third-order valence-electron chi connectivity index (χ3n) is 3.03. The number of fused-ring (bicyclic) bond motifs is 1. The molecule has 0 aliphatic heterocycles. The predicted molar refractivity (Wildman–Crippen MR) is 73.8 cm³/mol. The first-order valence-corrected chi connectivity index (χ1v) is 6.16. The summed E-state index contributed by atoms with van der Waals surface area (Å²) < 4.78 is 2.09. The fraction of sp³-hybridized carbons (Fsp3) is 0.143. The third kappa shape index (κ3) is 2.49. The van der Waals surface area contributed by atoms with Gasteiger partial charge >= 0.3 is 0 Å². The first-order valence-electron chi connectivity index (χ1n) is 6.16. The molecule has 2 aromatic heterocycles. The number of anilines is 1. The Morgan fingerprint density at radius 3 is 3.00 bits per heavy atom. The maximum atomic E-state index is 11.8. The van der Waals surface area contributed by atoms with Crippen LogP contribution in [-0.2, 0) is 11.3 Å². The molecule has 96 valence electrons. The van der Waals surface area contributed by atoms with Crippen molar-refractivity contribution < 1.29 is 4.79 Å². The van der Waals surface area contributed by atoms with Gasteiger partial charge in [-0.25, -0.2) is 0 Å². The van der Waals surface area contributed by atoms with Crippen molar-refractivity contribution in [2.45, 2.75) is 13.0 Å². The van der Waals surface area contributed by atoms with Crippen molar-refractivity contribution in [2.75, 3.05) is 5.32 Å². The lowest BCUT2D eigenvalue weighted by Gasteiger charge is -2.05. The van der Waals surface area contributed by atoms with Crippen molar-refractivity contribution in [2.24, 2.45) is 0 Å². The average Bonchev–Trinajstić information content (AvgIpc) is 3.05. The molecule has 3 aromatic rings. The molecule has 3 rings (SSSR count). The lowest BCUT2D eigenvalue weighted by molar-refractivity contribution is -0.116. The second-order valence-corrected chi connectivity index (χ2v) is 4.34. The number of aryl methyl sites for hydroxylation is 1. The van der Waals surface area contributed by atoms with Crippen LogP contribution in [0.4, 0.5) is 5.82 Å². The van der Waals surface area contributed by atoms with Crippen molar-refractivity contribution in [1.29, 1.82) is 0 Å². The number of H-pyrrole nitrogens is 1. The van der Waals surface area contributed by atoms with Crippen molar-refractivity contribution in [1.82, 2.24) is 14.8 Å². The fourth-order valence-electron chi connectivity index (χ4n) is 2.10. The number of para-hydroxylation sites is 1. The first kappa shape index (κ1) is 11.5. The Labute approximate surface area is 110 Å². The summed E-state index contributed by atoms with van der Waals surface area (Å²) >= 11 is 0. The van der Waals surface area contributed by atoms with Crippen LogP contribution in [0, 0.1) is 0 Å². The van der Waals surface area contributed by atoms with Crippen LogP contribution in [-0.4, -0.2) is 20.7 Å². The summed E-state index contributed by atoms with van der Waals surface area (Å²) in [6.07, 6.45) is 4.04. The highest BCUT2D eigenvalue weighted by molar-refractivity contribution is 5.89. The number of carbonyl (C=O) groups is 1. The van der Waals surface area contributed by atoms with Crippen molar-refractivity contribution in [3.8, 4) is 0 Å². The van der Waals surface area contributed by atoms with Crippen molar-refractivity contribution in [3.05, 3.63) is 48.8 Å². The van der Waals surface area contributed by atoms with Gasteiger partial charge in [-0.2, -0.15) is 5.10 Å². The Morgan fingerprint density at radius 1 is 1.26 bits per heavy atom. The van der Waals surface area contributed by atoms with Gasteiger partial charge in [0.25, 0.3) is 0 Å². The lowest BCUT2D eigenvalue weighted by Crippen LogP contribution is -2.14. The number of benzene rings is 1. The van der Waals surface area contributed by atoms with Crippen LogP contribution in [0.1, 0.15) is 6.42 Å². The Balaban J connectivity index is 1.64. The molecule has 0 unspecified atom stereocenters. The van der Waals surface area contributed by atoms with Gasteiger partial charge in [-0.15, -0.1) is 0 Å². The molecule has 0 fully saturated rings. The second kappa shape index (κ2) is 4.97. The minimum atomic E-state index is -0.0259. The summed E-state index contributed by atoms with van der Waals surface area (Å²) in [5, 5.41) is 10.4. The van der Waals surface area contributed by atoms with Gasteiger partial charge in [-0.1, -0.05) is 18.2 Å². The Hall–Kier alpha value is -2.56. The van der Waals surface area contributed by atoms with E-state index in [1.54, 1.807) is 12.3 Å². The minimum absolute atomic E-state index is 0.0259. The maximum absolute atomic E-state index is 11.8. The summed E-state index contributed by atoms with van der Waals surface area (Å²) in [7, 11) is 0. The summed E-state index contributed by atoms with van der Waals surface area (Å²) in [6, 6.07) is 11.9. The third-order valence-corrected chi connectivity index (χ3v) is 3.03. The molecule has 0 aliphatic carbocycles. The zero-order valence-corrected chi connectivity index (χ0v) is 10.3.